The molecule has 1 saturated heterocycles. The van der Waals surface area contributed by atoms with Crippen molar-refractivity contribution < 1.29 is 18.7 Å². The number of rotatable bonds is 9. The zero-order valence-corrected chi connectivity index (χ0v) is 26.9. The van der Waals surface area contributed by atoms with Crippen molar-refractivity contribution in [3.05, 3.63) is 122 Å². The number of hydrogen-bond acceptors (Lipinski definition) is 5. The second-order valence-corrected chi connectivity index (χ2v) is 12.8. The number of benzene rings is 3. The number of nitrogens with zero attached hydrogens (tertiary/aromatic N) is 1. The molecule has 2 heterocycles. The van der Waals surface area contributed by atoms with Crippen molar-refractivity contribution in [3.63, 3.8) is 0 Å². The topological polar surface area (TPSA) is 88.8 Å². The summed E-state index contributed by atoms with van der Waals surface area (Å²) in [6.45, 7) is 1.52. The van der Waals surface area contributed by atoms with Crippen LogP contribution in [-0.2, 0) is 17.8 Å². The molecule has 2 amide bonds. The van der Waals surface area contributed by atoms with Gasteiger partial charge in [0.2, 0.25) is 5.91 Å². The number of amides is 2. The number of likely N-dealkylation sites (tertiary alicyclic amines) is 1. The van der Waals surface area contributed by atoms with Crippen LogP contribution in [0.25, 0.3) is 11.0 Å². The molecule has 1 aromatic heterocycles. The van der Waals surface area contributed by atoms with Crippen LogP contribution >= 0.6 is 11.6 Å². The van der Waals surface area contributed by atoms with E-state index in [0.29, 0.717) is 47.0 Å². The molecule has 46 heavy (non-hydrogen) atoms. The zero-order valence-electron chi connectivity index (χ0n) is 26.1. The Morgan fingerprint density at radius 3 is 2.57 bits per heavy atom. The van der Waals surface area contributed by atoms with Crippen molar-refractivity contribution in [2.24, 2.45) is 0 Å². The molecule has 1 atom stereocenters. The van der Waals surface area contributed by atoms with Crippen LogP contribution in [0.5, 0.6) is 5.75 Å². The first-order valence-corrected chi connectivity index (χ1v) is 16.5. The molecular formula is C38H39ClN2O5. The summed E-state index contributed by atoms with van der Waals surface area (Å²) in [6, 6.07) is 22.1. The standard InChI is InChI=1S/C38H39ClN2O5/c1-45-31-17-18-35-33(22-31)34(42)23-36(46-35)38(44)40-30(21-26-11-15-29(39)16-12-26)20-25-9-13-27(14-10-25)32-7-3-2-6-28(32)24-41-19-5-4-8-37(41)43/h2-3,6-7,11-12,15-18,20,22-23,27,30H,4-5,8-10,13-14,19,21,24H2,1H3,(H,40,44). The number of methoxy groups -OCH3 is 1. The summed E-state index contributed by atoms with van der Waals surface area (Å²) in [7, 11) is 1.53. The van der Waals surface area contributed by atoms with Gasteiger partial charge in [-0.15, -0.1) is 0 Å². The van der Waals surface area contributed by atoms with Gasteiger partial charge in [-0.2, -0.15) is 0 Å². The van der Waals surface area contributed by atoms with Crippen molar-refractivity contribution in [2.75, 3.05) is 13.7 Å². The van der Waals surface area contributed by atoms with Crippen molar-refractivity contribution in [1.82, 2.24) is 10.2 Å². The molecule has 1 unspecified atom stereocenters. The Labute approximate surface area is 274 Å². The van der Waals surface area contributed by atoms with E-state index in [1.807, 2.05) is 29.2 Å². The number of carbonyl (C=O) groups is 2. The molecule has 4 aromatic rings. The van der Waals surface area contributed by atoms with E-state index in [-0.39, 0.29) is 23.1 Å². The van der Waals surface area contributed by atoms with Gasteiger partial charge in [-0.05, 0) is 97.9 Å². The first-order chi connectivity index (χ1) is 22.4. The highest BCUT2D eigenvalue weighted by atomic mass is 35.5. The summed E-state index contributed by atoms with van der Waals surface area (Å²) in [6.07, 6.45) is 9.28. The van der Waals surface area contributed by atoms with Gasteiger partial charge in [0.1, 0.15) is 11.3 Å². The summed E-state index contributed by atoms with van der Waals surface area (Å²) in [5, 5.41) is 4.13. The fraction of sp³-hybridized carbons (Fsp3) is 0.342. The summed E-state index contributed by atoms with van der Waals surface area (Å²) in [5.41, 5.74) is 4.95. The average molecular weight is 639 g/mol. The van der Waals surface area contributed by atoms with Gasteiger partial charge in [0, 0.05) is 30.6 Å². The number of piperidine rings is 1. The van der Waals surface area contributed by atoms with Crippen LogP contribution in [0, 0.1) is 0 Å². The van der Waals surface area contributed by atoms with Gasteiger partial charge < -0.3 is 19.4 Å². The maximum atomic E-state index is 13.5. The van der Waals surface area contributed by atoms with Crippen LogP contribution in [0.3, 0.4) is 0 Å². The molecule has 6 rings (SSSR count). The third-order valence-electron chi connectivity index (χ3n) is 9.19. The maximum absolute atomic E-state index is 13.5. The first kappa shape index (κ1) is 31.6. The number of fused-ring (bicyclic) bond motifs is 1. The molecule has 1 saturated carbocycles. The van der Waals surface area contributed by atoms with Gasteiger partial charge in [0.05, 0.1) is 18.5 Å². The van der Waals surface area contributed by atoms with Gasteiger partial charge in [0.15, 0.2) is 11.2 Å². The highest BCUT2D eigenvalue weighted by Gasteiger charge is 2.25. The van der Waals surface area contributed by atoms with E-state index < -0.39 is 5.91 Å². The Kier molecular flexibility index (Phi) is 9.88. The van der Waals surface area contributed by atoms with E-state index in [4.69, 9.17) is 20.8 Å². The average Bonchev–Trinajstić information content (AvgIpc) is 3.07. The Balaban J connectivity index is 1.18. The number of ether oxygens (including phenoxy) is 1. The zero-order chi connectivity index (χ0) is 32.0. The third kappa shape index (κ3) is 7.53. The van der Waals surface area contributed by atoms with E-state index in [0.717, 1.165) is 50.6 Å². The predicted molar refractivity (Wildman–Crippen MR) is 180 cm³/mol. The molecule has 1 aliphatic heterocycles. The minimum absolute atomic E-state index is 0.0327. The quantitative estimate of drug-likeness (QED) is 0.191. The van der Waals surface area contributed by atoms with E-state index in [1.54, 1.807) is 18.2 Å². The SMILES string of the molecule is COc1ccc2oc(C(=O)NC(C=C3CCC(c4ccccc4CN4CCCCC4=O)CC3)Cc3ccc(Cl)cc3)cc(=O)c2c1. The van der Waals surface area contributed by atoms with Gasteiger partial charge in [-0.1, -0.05) is 59.6 Å². The fourth-order valence-corrected chi connectivity index (χ4v) is 6.83. The summed E-state index contributed by atoms with van der Waals surface area (Å²) >= 11 is 6.14. The number of allylic oxidation sites excluding steroid dienone is 1. The van der Waals surface area contributed by atoms with Gasteiger partial charge in [-0.25, -0.2) is 0 Å². The van der Waals surface area contributed by atoms with E-state index in [9.17, 15) is 14.4 Å². The molecule has 1 aliphatic carbocycles. The Morgan fingerprint density at radius 1 is 1.02 bits per heavy atom. The number of carbonyl (C=O) groups excluding carboxylic acids is 2. The Hall–Kier alpha value is -4.36. The monoisotopic (exact) mass is 638 g/mol. The largest absolute Gasteiger partial charge is 0.497 e. The van der Waals surface area contributed by atoms with Crippen LogP contribution < -0.4 is 15.5 Å². The van der Waals surface area contributed by atoms with E-state index in [1.165, 1.54) is 29.9 Å². The van der Waals surface area contributed by atoms with Gasteiger partial charge >= 0.3 is 0 Å². The molecule has 1 N–H and O–H groups in total. The molecule has 7 nitrogen and oxygen atoms in total. The van der Waals surface area contributed by atoms with E-state index in [2.05, 4.69) is 35.7 Å². The summed E-state index contributed by atoms with van der Waals surface area (Å²) in [4.78, 5) is 40.8. The van der Waals surface area contributed by atoms with Crippen LogP contribution in [0.15, 0.2) is 93.7 Å². The van der Waals surface area contributed by atoms with Gasteiger partial charge in [-0.3, -0.25) is 14.4 Å². The lowest BCUT2D eigenvalue weighted by Gasteiger charge is -2.31. The van der Waals surface area contributed by atoms with Crippen molar-refractivity contribution in [3.8, 4) is 5.75 Å². The summed E-state index contributed by atoms with van der Waals surface area (Å²) in [5.74, 6) is 0.743. The van der Waals surface area contributed by atoms with Crippen molar-refractivity contribution >= 4 is 34.4 Å². The highest BCUT2D eigenvalue weighted by Crippen LogP contribution is 2.37. The second kappa shape index (κ2) is 14.4. The molecule has 238 valence electrons. The first-order valence-electron chi connectivity index (χ1n) is 16.1. The molecule has 8 heteroatoms. The summed E-state index contributed by atoms with van der Waals surface area (Å²) < 4.78 is 11.1. The fourth-order valence-electron chi connectivity index (χ4n) is 6.70. The molecule has 0 spiro atoms. The number of hydrogen-bond donors (Lipinski definition) is 1. The lowest BCUT2D eigenvalue weighted by atomic mass is 9.79. The molecule has 2 fully saturated rings. The van der Waals surface area contributed by atoms with Crippen molar-refractivity contribution in [2.45, 2.75) is 69.9 Å². The Morgan fingerprint density at radius 2 is 1.80 bits per heavy atom. The maximum Gasteiger partial charge on any atom is 0.287 e. The number of nitrogens with one attached hydrogen (secondary N) is 1. The normalized spacial score (nSPS) is 17.5. The lowest BCUT2D eigenvalue weighted by molar-refractivity contribution is -0.133. The minimum atomic E-state index is -0.444. The molecule has 2 aliphatic rings. The molecule has 0 radical (unpaired) electrons. The minimum Gasteiger partial charge on any atom is -0.497 e. The van der Waals surface area contributed by atoms with Crippen LogP contribution in [0.1, 0.15) is 78.1 Å². The van der Waals surface area contributed by atoms with Crippen molar-refractivity contribution in [1.29, 1.82) is 0 Å². The van der Waals surface area contributed by atoms with E-state index >= 15 is 0 Å². The third-order valence-corrected chi connectivity index (χ3v) is 9.44. The second-order valence-electron chi connectivity index (χ2n) is 12.3. The van der Waals surface area contributed by atoms with Gasteiger partial charge in [0.25, 0.3) is 5.91 Å². The lowest BCUT2D eigenvalue weighted by Crippen LogP contribution is -2.36. The Bertz CT molecular complexity index is 1800. The molecular weight excluding hydrogens is 600 g/mol. The van der Waals surface area contributed by atoms with Crippen LogP contribution in [0.2, 0.25) is 5.02 Å². The van der Waals surface area contributed by atoms with Crippen LogP contribution in [-0.4, -0.2) is 36.4 Å². The molecule has 0 bridgehead atoms. The highest BCUT2D eigenvalue weighted by molar-refractivity contribution is 6.30. The molecule has 3 aromatic carbocycles. The smallest absolute Gasteiger partial charge is 0.287 e. The van der Waals surface area contributed by atoms with Crippen LogP contribution in [0.4, 0.5) is 0 Å². The predicted octanol–water partition coefficient (Wildman–Crippen LogP) is 7.59. The number of halogens is 1.